The number of amides is 1. The van der Waals surface area contributed by atoms with Crippen molar-refractivity contribution in [1.82, 2.24) is 24.9 Å². The highest BCUT2D eigenvalue weighted by Crippen LogP contribution is 2.37. The summed E-state index contributed by atoms with van der Waals surface area (Å²) in [5.74, 6) is 0.518. The quantitative estimate of drug-likeness (QED) is 0.279. The number of pyridine rings is 1. The van der Waals surface area contributed by atoms with E-state index in [1.165, 1.54) is 25.7 Å². The number of anilines is 1. The van der Waals surface area contributed by atoms with Crippen LogP contribution in [0.5, 0.6) is 5.75 Å². The van der Waals surface area contributed by atoms with E-state index in [-0.39, 0.29) is 11.3 Å². The summed E-state index contributed by atoms with van der Waals surface area (Å²) in [5, 5.41) is 11.8. The topological polar surface area (TPSA) is 85.2 Å². The van der Waals surface area contributed by atoms with Crippen molar-refractivity contribution in [2.45, 2.75) is 65.3 Å². The molecule has 8 nitrogen and oxygen atoms in total. The SMILES string of the molecule is COc1c(CN2CCCCCC2)cc(C(C)(C)C)cc1NC(=O)c1ccc(C)c(-n2cc(-c3cccnc3)nn2)c1. The lowest BCUT2D eigenvalue weighted by Crippen LogP contribution is -2.25. The molecule has 3 heterocycles. The molecular weight excluding hydrogens is 512 g/mol. The highest BCUT2D eigenvalue weighted by atomic mass is 16.5. The Labute approximate surface area is 242 Å². The fourth-order valence-corrected chi connectivity index (χ4v) is 5.33. The fraction of sp³-hybridized carbons (Fsp3) is 0.394. The zero-order valence-corrected chi connectivity index (χ0v) is 24.8. The molecule has 0 spiro atoms. The average molecular weight is 553 g/mol. The van der Waals surface area contributed by atoms with Gasteiger partial charge in [-0.3, -0.25) is 14.7 Å². The van der Waals surface area contributed by atoms with E-state index in [9.17, 15) is 4.79 Å². The number of aromatic nitrogens is 4. The average Bonchev–Trinajstić information content (AvgIpc) is 3.31. The predicted octanol–water partition coefficient (Wildman–Crippen LogP) is 6.57. The van der Waals surface area contributed by atoms with Crippen LogP contribution in [0.4, 0.5) is 5.69 Å². The molecule has 2 aromatic carbocycles. The molecule has 0 bridgehead atoms. The minimum atomic E-state index is -0.205. The summed E-state index contributed by atoms with van der Waals surface area (Å²) in [7, 11) is 1.68. The van der Waals surface area contributed by atoms with Crippen LogP contribution in [0.3, 0.4) is 0 Å². The molecule has 1 aliphatic heterocycles. The lowest BCUT2D eigenvalue weighted by Gasteiger charge is -2.26. The number of ether oxygens (including phenoxy) is 1. The molecule has 1 fully saturated rings. The van der Waals surface area contributed by atoms with Crippen LogP contribution in [-0.4, -0.2) is 51.0 Å². The monoisotopic (exact) mass is 552 g/mol. The number of nitrogens with one attached hydrogen (secondary N) is 1. The largest absolute Gasteiger partial charge is 0.494 e. The van der Waals surface area contributed by atoms with Crippen molar-refractivity contribution < 1.29 is 9.53 Å². The standard InChI is InChI=1S/C33H40N6O2/c1-23-12-13-24(18-30(23)39-22-29(36-37-39)25-11-10-14-34-20-25)32(40)35-28-19-27(33(2,3)4)17-26(31(28)41-5)21-38-15-8-6-7-9-16-38/h10-14,17-20,22H,6-9,15-16,21H2,1-5H3,(H,35,40). The maximum atomic E-state index is 13.7. The Morgan fingerprint density at radius 2 is 1.83 bits per heavy atom. The Hall–Kier alpha value is -4.04. The van der Waals surface area contributed by atoms with Crippen LogP contribution in [-0.2, 0) is 12.0 Å². The number of benzene rings is 2. The molecule has 1 N–H and O–H groups in total. The van der Waals surface area contributed by atoms with Crippen molar-refractivity contribution in [3.05, 3.63) is 83.3 Å². The lowest BCUT2D eigenvalue weighted by atomic mass is 9.85. The van der Waals surface area contributed by atoms with Gasteiger partial charge in [-0.25, -0.2) is 4.68 Å². The summed E-state index contributed by atoms with van der Waals surface area (Å²) in [6, 6.07) is 13.7. The predicted molar refractivity (Wildman–Crippen MR) is 163 cm³/mol. The van der Waals surface area contributed by atoms with Crippen LogP contribution >= 0.6 is 0 Å². The molecule has 0 atom stereocenters. The third-order valence-corrected chi connectivity index (χ3v) is 7.75. The Morgan fingerprint density at radius 1 is 1.05 bits per heavy atom. The summed E-state index contributed by atoms with van der Waals surface area (Å²) in [4.78, 5) is 20.4. The van der Waals surface area contributed by atoms with Gasteiger partial charge in [0.05, 0.1) is 24.7 Å². The third-order valence-electron chi connectivity index (χ3n) is 7.75. The first kappa shape index (κ1) is 28.5. The fourth-order valence-electron chi connectivity index (χ4n) is 5.33. The first-order valence-corrected chi connectivity index (χ1v) is 14.4. The van der Waals surface area contributed by atoms with E-state index >= 15 is 0 Å². The minimum Gasteiger partial charge on any atom is -0.494 e. The van der Waals surface area contributed by atoms with Gasteiger partial charge in [-0.05, 0) is 79.7 Å². The summed E-state index contributed by atoms with van der Waals surface area (Å²) in [5.41, 5.74) is 6.77. The number of carbonyl (C=O) groups is 1. The summed E-state index contributed by atoms with van der Waals surface area (Å²) in [6.45, 7) is 11.5. The number of carbonyl (C=O) groups excluding carboxylic acids is 1. The van der Waals surface area contributed by atoms with Crippen LogP contribution in [0.2, 0.25) is 0 Å². The van der Waals surface area contributed by atoms with Gasteiger partial charge in [-0.1, -0.05) is 51.0 Å². The number of hydrogen-bond donors (Lipinski definition) is 1. The van der Waals surface area contributed by atoms with Crippen LogP contribution in [0.15, 0.2) is 61.1 Å². The molecule has 1 amide bonds. The van der Waals surface area contributed by atoms with Gasteiger partial charge >= 0.3 is 0 Å². The third kappa shape index (κ3) is 6.65. The van der Waals surface area contributed by atoms with Gasteiger partial charge in [0.2, 0.25) is 0 Å². The maximum Gasteiger partial charge on any atom is 0.255 e. The Bertz CT molecular complexity index is 1500. The number of likely N-dealkylation sites (tertiary alicyclic amines) is 1. The normalized spacial score (nSPS) is 14.5. The van der Waals surface area contributed by atoms with Crippen LogP contribution in [0.1, 0.15) is 73.5 Å². The molecule has 0 saturated carbocycles. The van der Waals surface area contributed by atoms with Crippen molar-refractivity contribution in [3.8, 4) is 22.7 Å². The maximum absolute atomic E-state index is 13.7. The van der Waals surface area contributed by atoms with Crippen molar-refractivity contribution in [2.75, 3.05) is 25.5 Å². The van der Waals surface area contributed by atoms with Crippen molar-refractivity contribution in [3.63, 3.8) is 0 Å². The first-order chi connectivity index (χ1) is 19.7. The van der Waals surface area contributed by atoms with E-state index < -0.39 is 0 Å². The van der Waals surface area contributed by atoms with Gasteiger partial charge in [-0.15, -0.1) is 5.10 Å². The molecule has 0 unspecified atom stereocenters. The van der Waals surface area contributed by atoms with Gasteiger partial charge in [0.25, 0.3) is 5.91 Å². The van der Waals surface area contributed by atoms with E-state index in [1.807, 2.05) is 43.5 Å². The molecule has 1 aliphatic rings. The molecule has 0 aliphatic carbocycles. The van der Waals surface area contributed by atoms with E-state index in [1.54, 1.807) is 24.2 Å². The van der Waals surface area contributed by atoms with Gasteiger partial charge in [-0.2, -0.15) is 0 Å². The number of hydrogen-bond acceptors (Lipinski definition) is 6. The molecular formula is C33H40N6O2. The van der Waals surface area contributed by atoms with Gasteiger partial charge in [0.1, 0.15) is 11.4 Å². The van der Waals surface area contributed by atoms with Gasteiger partial charge in [0, 0.05) is 35.6 Å². The molecule has 0 radical (unpaired) electrons. The molecule has 5 rings (SSSR count). The van der Waals surface area contributed by atoms with E-state index in [4.69, 9.17) is 4.74 Å². The smallest absolute Gasteiger partial charge is 0.255 e. The second-order valence-corrected chi connectivity index (χ2v) is 11.9. The zero-order chi connectivity index (χ0) is 29.0. The number of aryl methyl sites for hydroxylation is 1. The molecule has 214 valence electrons. The summed E-state index contributed by atoms with van der Waals surface area (Å²) in [6.07, 6.45) is 10.3. The minimum absolute atomic E-state index is 0.0879. The summed E-state index contributed by atoms with van der Waals surface area (Å²) >= 11 is 0. The van der Waals surface area contributed by atoms with E-state index in [2.05, 4.69) is 58.4 Å². The lowest BCUT2D eigenvalue weighted by molar-refractivity contribution is 0.102. The Kier molecular flexibility index (Phi) is 8.49. The zero-order valence-electron chi connectivity index (χ0n) is 24.8. The Balaban J connectivity index is 1.45. The second-order valence-electron chi connectivity index (χ2n) is 11.9. The van der Waals surface area contributed by atoms with E-state index in [0.29, 0.717) is 16.9 Å². The molecule has 8 heteroatoms. The van der Waals surface area contributed by atoms with Gasteiger partial charge < -0.3 is 10.1 Å². The Morgan fingerprint density at radius 3 is 2.51 bits per heavy atom. The van der Waals surface area contributed by atoms with E-state index in [0.717, 1.165) is 53.3 Å². The second kappa shape index (κ2) is 12.2. The van der Waals surface area contributed by atoms with Crippen molar-refractivity contribution >= 4 is 11.6 Å². The number of rotatable bonds is 7. The number of nitrogens with zero attached hydrogens (tertiary/aromatic N) is 5. The van der Waals surface area contributed by atoms with Crippen molar-refractivity contribution in [1.29, 1.82) is 0 Å². The molecule has 1 saturated heterocycles. The van der Waals surface area contributed by atoms with Crippen LogP contribution in [0, 0.1) is 6.92 Å². The molecule has 4 aromatic rings. The van der Waals surface area contributed by atoms with Gasteiger partial charge in [0.15, 0.2) is 0 Å². The van der Waals surface area contributed by atoms with Crippen LogP contribution < -0.4 is 10.1 Å². The highest BCUT2D eigenvalue weighted by Gasteiger charge is 2.23. The van der Waals surface area contributed by atoms with Crippen LogP contribution in [0.25, 0.3) is 16.9 Å². The van der Waals surface area contributed by atoms with Crippen molar-refractivity contribution in [2.24, 2.45) is 0 Å². The molecule has 2 aromatic heterocycles. The number of methoxy groups -OCH3 is 1. The highest BCUT2D eigenvalue weighted by molar-refractivity contribution is 6.05. The summed E-state index contributed by atoms with van der Waals surface area (Å²) < 4.78 is 7.64. The first-order valence-electron chi connectivity index (χ1n) is 14.4. The molecule has 41 heavy (non-hydrogen) atoms.